The third kappa shape index (κ3) is 3.93. The van der Waals surface area contributed by atoms with Gasteiger partial charge in [-0.15, -0.1) is 0 Å². The van der Waals surface area contributed by atoms with Crippen LogP contribution in [-0.4, -0.2) is 40.8 Å². The van der Waals surface area contributed by atoms with Gasteiger partial charge in [0.05, 0.1) is 18.1 Å². The lowest BCUT2D eigenvalue weighted by atomic mass is 9.94. The van der Waals surface area contributed by atoms with E-state index in [1.54, 1.807) is 13.1 Å². The minimum Gasteiger partial charge on any atom is -0.371 e. The molecule has 0 bridgehead atoms. The molecule has 0 atom stereocenters. The van der Waals surface area contributed by atoms with Crippen LogP contribution in [-0.2, 0) is 19.3 Å². The molecule has 0 unspecified atom stereocenters. The predicted octanol–water partition coefficient (Wildman–Crippen LogP) is 3.98. The van der Waals surface area contributed by atoms with Crippen molar-refractivity contribution in [2.24, 2.45) is 10.9 Å². The standard InChI is InChI=1S/C21H24F3N5/c1-13-6-14(2)27-18-12-29(11-17(13)18)20(25-3)7-15-9-28(10-15)16-4-5-26-19(8-16)21(22,23)24/h4-6,8,15H,7,9-12H2,1-3H3. The molecule has 0 saturated carbocycles. The van der Waals surface area contributed by atoms with Gasteiger partial charge in [-0.1, -0.05) is 0 Å². The maximum absolute atomic E-state index is 12.9. The SMILES string of the molecule is CN=C(CC1CN(c2ccnc(C(F)(F)F)c2)C1)N1Cc2nc(C)cc(C)c2C1. The fraction of sp³-hybridized carbons (Fsp3) is 0.476. The van der Waals surface area contributed by atoms with E-state index in [4.69, 9.17) is 0 Å². The van der Waals surface area contributed by atoms with Gasteiger partial charge in [0.1, 0.15) is 5.69 Å². The van der Waals surface area contributed by atoms with Gasteiger partial charge in [-0.3, -0.25) is 15.0 Å². The molecule has 2 aromatic heterocycles. The Bertz CT molecular complexity index is 948. The fourth-order valence-corrected chi connectivity index (χ4v) is 4.20. The summed E-state index contributed by atoms with van der Waals surface area (Å²) in [6.07, 6.45) is -2.38. The Morgan fingerprint density at radius 3 is 2.66 bits per heavy atom. The zero-order valence-corrected chi connectivity index (χ0v) is 16.8. The summed E-state index contributed by atoms with van der Waals surface area (Å²) in [7, 11) is 1.80. The van der Waals surface area contributed by atoms with Crippen LogP contribution in [0.1, 0.15) is 34.6 Å². The fourth-order valence-electron chi connectivity index (χ4n) is 4.20. The summed E-state index contributed by atoms with van der Waals surface area (Å²) in [6, 6.07) is 4.87. The van der Waals surface area contributed by atoms with Crippen LogP contribution in [0, 0.1) is 19.8 Å². The van der Waals surface area contributed by atoms with E-state index in [0.29, 0.717) is 11.6 Å². The van der Waals surface area contributed by atoms with E-state index in [0.717, 1.165) is 55.9 Å². The number of anilines is 1. The van der Waals surface area contributed by atoms with Crippen molar-refractivity contribution in [2.45, 2.75) is 39.5 Å². The number of aromatic nitrogens is 2. The van der Waals surface area contributed by atoms with E-state index in [2.05, 4.69) is 32.9 Å². The molecule has 0 aromatic carbocycles. The van der Waals surface area contributed by atoms with Crippen molar-refractivity contribution in [3.05, 3.63) is 52.6 Å². The Balaban J connectivity index is 1.37. The highest BCUT2D eigenvalue weighted by Crippen LogP contribution is 2.33. The third-order valence-electron chi connectivity index (χ3n) is 5.70. The van der Waals surface area contributed by atoms with Crippen molar-refractivity contribution in [3.8, 4) is 0 Å². The lowest BCUT2D eigenvalue weighted by molar-refractivity contribution is -0.141. The summed E-state index contributed by atoms with van der Waals surface area (Å²) in [6.45, 7) is 7.15. The minimum absolute atomic E-state index is 0.371. The van der Waals surface area contributed by atoms with Crippen LogP contribution in [0.15, 0.2) is 29.4 Å². The average molecular weight is 403 g/mol. The molecule has 5 nitrogen and oxygen atoms in total. The number of rotatable bonds is 3. The normalized spacial score (nSPS) is 17.5. The average Bonchev–Trinajstić information content (AvgIpc) is 3.04. The van der Waals surface area contributed by atoms with Crippen LogP contribution in [0.3, 0.4) is 0 Å². The van der Waals surface area contributed by atoms with E-state index >= 15 is 0 Å². The van der Waals surface area contributed by atoms with Gasteiger partial charge in [0.2, 0.25) is 0 Å². The largest absolute Gasteiger partial charge is 0.433 e. The maximum atomic E-state index is 12.9. The van der Waals surface area contributed by atoms with Crippen LogP contribution < -0.4 is 4.90 Å². The summed E-state index contributed by atoms with van der Waals surface area (Å²) in [5, 5.41) is 0. The number of halogens is 3. The van der Waals surface area contributed by atoms with Gasteiger partial charge in [0.25, 0.3) is 0 Å². The molecule has 1 fully saturated rings. The first-order valence-electron chi connectivity index (χ1n) is 9.69. The molecule has 0 amide bonds. The van der Waals surface area contributed by atoms with Gasteiger partial charge in [-0.25, -0.2) is 0 Å². The number of aryl methyl sites for hydroxylation is 2. The van der Waals surface area contributed by atoms with Crippen molar-refractivity contribution in [2.75, 3.05) is 25.0 Å². The van der Waals surface area contributed by atoms with Gasteiger partial charge >= 0.3 is 6.18 Å². The first-order valence-corrected chi connectivity index (χ1v) is 9.69. The van der Waals surface area contributed by atoms with Crippen molar-refractivity contribution in [1.82, 2.24) is 14.9 Å². The topological polar surface area (TPSA) is 44.6 Å². The predicted molar refractivity (Wildman–Crippen MR) is 106 cm³/mol. The lowest BCUT2D eigenvalue weighted by Crippen LogP contribution is -2.48. The number of hydrogen-bond donors (Lipinski definition) is 0. The zero-order chi connectivity index (χ0) is 20.8. The van der Waals surface area contributed by atoms with E-state index in [9.17, 15) is 13.2 Å². The molecule has 29 heavy (non-hydrogen) atoms. The second-order valence-corrected chi connectivity index (χ2v) is 7.87. The van der Waals surface area contributed by atoms with E-state index in [1.165, 1.54) is 17.3 Å². The number of amidine groups is 1. The number of nitrogens with zero attached hydrogens (tertiary/aromatic N) is 5. The molecule has 2 aliphatic rings. The molecule has 4 heterocycles. The first kappa shape index (κ1) is 19.7. The van der Waals surface area contributed by atoms with Crippen molar-refractivity contribution in [3.63, 3.8) is 0 Å². The van der Waals surface area contributed by atoms with Gasteiger partial charge in [0, 0.05) is 56.6 Å². The highest BCUT2D eigenvalue weighted by atomic mass is 19.4. The summed E-state index contributed by atoms with van der Waals surface area (Å²) >= 11 is 0. The Labute approximate surface area is 168 Å². The van der Waals surface area contributed by atoms with Crippen molar-refractivity contribution in [1.29, 1.82) is 0 Å². The molecule has 154 valence electrons. The van der Waals surface area contributed by atoms with Crippen LogP contribution >= 0.6 is 0 Å². The molecular formula is C21H24F3N5. The molecular weight excluding hydrogens is 379 g/mol. The first-order chi connectivity index (χ1) is 13.7. The maximum Gasteiger partial charge on any atom is 0.433 e. The second-order valence-electron chi connectivity index (χ2n) is 7.87. The number of fused-ring (bicyclic) bond motifs is 1. The smallest absolute Gasteiger partial charge is 0.371 e. The molecule has 8 heteroatoms. The summed E-state index contributed by atoms with van der Waals surface area (Å²) in [4.78, 5) is 16.8. The molecule has 0 aliphatic carbocycles. The molecule has 4 rings (SSSR count). The monoisotopic (exact) mass is 403 g/mol. The quantitative estimate of drug-likeness (QED) is 0.574. The molecule has 2 aliphatic heterocycles. The summed E-state index contributed by atoms with van der Waals surface area (Å²) < 4.78 is 38.6. The number of hydrogen-bond acceptors (Lipinski definition) is 4. The van der Waals surface area contributed by atoms with Crippen LogP contribution in [0.5, 0.6) is 0 Å². The van der Waals surface area contributed by atoms with Gasteiger partial charge in [0.15, 0.2) is 0 Å². The Morgan fingerprint density at radius 1 is 1.21 bits per heavy atom. The van der Waals surface area contributed by atoms with Crippen LogP contribution in [0.25, 0.3) is 0 Å². The number of alkyl halides is 3. The highest BCUT2D eigenvalue weighted by molar-refractivity contribution is 5.83. The highest BCUT2D eigenvalue weighted by Gasteiger charge is 2.35. The van der Waals surface area contributed by atoms with E-state index in [-0.39, 0.29) is 0 Å². The second kappa shape index (κ2) is 7.31. The van der Waals surface area contributed by atoms with Gasteiger partial charge < -0.3 is 9.80 Å². The lowest BCUT2D eigenvalue weighted by Gasteiger charge is -2.42. The van der Waals surface area contributed by atoms with Gasteiger partial charge in [-0.2, -0.15) is 13.2 Å². The number of aliphatic imine (C=N–C) groups is 1. The number of pyridine rings is 2. The Kier molecular flexibility index (Phi) is 4.96. The van der Waals surface area contributed by atoms with Crippen molar-refractivity contribution < 1.29 is 13.2 Å². The molecule has 0 radical (unpaired) electrons. The molecule has 2 aromatic rings. The van der Waals surface area contributed by atoms with E-state index in [1.807, 2.05) is 11.8 Å². The molecule has 0 spiro atoms. The van der Waals surface area contributed by atoms with E-state index < -0.39 is 11.9 Å². The summed E-state index contributed by atoms with van der Waals surface area (Å²) in [5.41, 5.74) is 4.42. The summed E-state index contributed by atoms with van der Waals surface area (Å²) in [5.74, 6) is 1.41. The molecule has 0 N–H and O–H groups in total. The Hall–Kier alpha value is -2.64. The zero-order valence-electron chi connectivity index (χ0n) is 16.8. The minimum atomic E-state index is -4.42. The van der Waals surface area contributed by atoms with Crippen LogP contribution in [0.2, 0.25) is 0 Å². The van der Waals surface area contributed by atoms with Crippen LogP contribution in [0.4, 0.5) is 18.9 Å². The Morgan fingerprint density at radius 2 is 1.97 bits per heavy atom. The van der Waals surface area contributed by atoms with Crippen molar-refractivity contribution >= 4 is 11.5 Å². The van der Waals surface area contributed by atoms with Gasteiger partial charge in [-0.05, 0) is 43.2 Å². The molecule has 1 saturated heterocycles. The third-order valence-corrected chi connectivity index (χ3v) is 5.70.